The summed E-state index contributed by atoms with van der Waals surface area (Å²) >= 11 is 0. The lowest BCUT2D eigenvalue weighted by atomic mass is 9.83. The number of rotatable bonds is 3. The van der Waals surface area contributed by atoms with Crippen LogP contribution < -0.4 is 5.59 Å². The van der Waals surface area contributed by atoms with Gasteiger partial charge in [0.15, 0.2) is 0 Å². The fraction of sp³-hybridized carbons (Fsp3) is 0.750. The average molecular weight is 286 g/mol. The maximum Gasteiger partial charge on any atom is 0.514 e. The smallest absolute Gasteiger partial charge is 0.398 e. The van der Waals surface area contributed by atoms with E-state index >= 15 is 0 Å². The first-order chi connectivity index (χ1) is 9.86. The predicted octanol–water partition coefficient (Wildman–Crippen LogP) is 2.53. The molecule has 0 radical (unpaired) electrons. The maximum absolute atomic E-state index is 6.15. The first-order valence-electron chi connectivity index (χ1n) is 8.10. The van der Waals surface area contributed by atoms with Crippen LogP contribution in [0, 0.1) is 0 Å². The number of hydrogen-bond donors (Lipinski definition) is 0. The fourth-order valence-corrected chi connectivity index (χ4v) is 2.70. The molecular formula is C16H23BN2O2. The highest BCUT2D eigenvalue weighted by atomic mass is 16.7. The molecule has 112 valence electrons. The number of nitrogens with zero attached hydrogens (tertiary/aromatic N) is 2. The second kappa shape index (κ2) is 4.29. The van der Waals surface area contributed by atoms with E-state index in [0.717, 1.165) is 11.4 Å². The molecule has 1 aromatic rings. The molecule has 0 unspecified atom stereocenters. The summed E-state index contributed by atoms with van der Waals surface area (Å²) in [6.45, 7) is 8.32. The molecule has 4 nitrogen and oxygen atoms in total. The van der Waals surface area contributed by atoms with Crippen LogP contribution in [0.1, 0.15) is 76.7 Å². The van der Waals surface area contributed by atoms with E-state index in [1.54, 1.807) is 0 Å². The van der Waals surface area contributed by atoms with E-state index in [2.05, 4.69) is 33.8 Å². The van der Waals surface area contributed by atoms with Crippen LogP contribution in [-0.2, 0) is 9.31 Å². The van der Waals surface area contributed by atoms with Gasteiger partial charge in [0.1, 0.15) is 5.82 Å². The lowest BCUT2D eigenvalue weighted by Gasteiger charge is -2.32. The first kappa shape index (κ1) is 13.7. The summed E-state index contributed by atoms with van der Waals surface area (Å²) in [4.78, 5) is 9.54. The van der Waals surface area contributed by atoms with Crippen molar-refractivity contribution in [3.63, 3.8) is 0 Å². The largest absolute Gasteiger partial charge is 0.514 e. The van der Waals surface area contributed by atoms with Gasteiger partial charge in [0.05, 0.1) is 16.8 Å². The molecule has 0 amide bonds. The van der Waals surface area contributed by atoms with E-state index in [9.17, 15) is 0 Å². The minimum Gasteiger partial charge on any atom is -0.398 e. The molecule has 0 aromatic carbocycles. The molecule has 2 heterocycles. The Bertz CT molecular complexity index is 533. The highest BCUT2D eigenvalue weighted by Crippen LogP contribution is 2.42. The van der Waals surface area contributed by atoms with Crippen LogP contribution in [0.25, 0.3) is 0 Å². The Morgan fingerprint density at radius 1 is 0.952 bits per heavy atom. The third-order valence-corrected chi connectivity index (χ3v) is 5.22. The van der Waals surface area contributed by atoms with Crippen LogP contribution in [0.15, 0.2) is 6.07 Å². The van der Waals surface area contributed by atoms with Crippen molar-refractivity contribution >= 4 is 12.7 Å². The number of hydrogen-bond acceptors (Lipinski definition) is 4. The molecule has 0 spiro atoms. The summed E-state index contributed by atoms with van der Waals surface area (Å²) < 4.78 is 12.3. The highest BCUT2D eigenvalue weighted by Gasteiger charge is 2.52. The van der Waals surface area contributed by atoms with Crippen molar-refractivity contribution in [2.45, 2.75) is 76.4 Å². The van der Waals surface area contributed by atoms with Crippen LogP contribution in [0.3, 0.4) is 0 Å². The topological polar surface area (TPSA) is 44.2 Å². The Hall–Kier alpha value is -0.935. The fourth-order valence-electron chi connectivity index (χ4n) is 2.70. The normalized spacial score (nSPS) is 27.1. The zero-order valence-corrected chi connectivity index (χ0v) is 13.3. The van der Waals surface area contributed by atoms with Crippen molar-refractivity contribution in [1.29, 1.82) is 0 Å². The van der Waals surface area contributed by atoms with E-state index < -0.39 is 0 Å². The Balaban J connectivity index is 1.68. The molecule has 1 aliphatic heterocycles. The minimum absolute atomic E-state index is 0.317. The minimum atomic E-state index is -0.368. The summed E-state index contributed by atoms with van der Waals surface area (Å²) in [5, 5.41) is 0. The molecule has 21 heavy (non-hydrogen) atoms. The monoisotopic (exact) mass is 286 g/mol. The second-order valence-corrected chi connectivity index (χ2v) is 7.71. The van der Waals surface area contributed by atoms with Crippen LogP contribution in [-0.4, -0.2) is 28.3 Å². The van der Waals surface area contributed by atoms with Gasteiger partial charge < -0.3 is 9.31 Å². The van der Waals surface area contributed by atoms with Gasteiger partial charge in [-0.15, -0.1) is 0 Å². The van der Waals surface area contributed by atoms with E-state index in [-0.39, 0.29) is 18.3 Å². The first-order valence-corrected chi connectivity index (χ1v) is 8.10. The Kier molecular flexibility index (Phi) is 2.80. The number of aromatic nitrogens is 2. The SMILES string of the molecule is CC1(C)OB(c2cc(C3CC3)nc(C3CC3)n2)OC1(C)C. The molecule has 0 atom stereocenters. The van der Waals surface area contributed by atoms with Gasteiger partial charge in [-0.1, -0.05) is 0 Å². The highest BCUT2D eigenvalue weighted by molar-refractivity contribution is 6.61. The van der Waals surface area contributed by atoms with Gasteiger partial charge in [0, 0.05) is 17.5 Å². The van der Waals surface area contributed by atoms with Gasteiger partial charge in [0.2, 0.25) is 0 Å². The maximum atomic E-state index is 6.15. The van der Waals surface area contributed by atoms with Crippen LogP contribution in [0.5, 0.6) is 0 Å². The van der Waals surface area contributed by atoms with E-state index in [1.165, 1.54) is 31.4 Å². The third kappa shape index (κ3) is 2.40. The molecule has 0 bridgehead atoms. The summed E-state index contributed by atoms with van der Waals surface area (Å²) in [7, 11) is -0.368. The van der Waals surface area contributed by atoms with Gasteiger partial charge in [-0.05, 0) is 59.4 Å². The summed E-state index contributed by atoms with van der Waals surface area (Å²) in [5.41, 5.74) is 1.47. The van der Waals surface area contributed by atoms with Crippen LogP contribution in [0.2, 0.25) is 0 Å². The zero-order chi connectivity index (χ0) is 14.8. The molecule has 3 fully saturated rings. The van der Waals surface area contributed by atoms with Crippen LogP contribution >= 0.6 is 0 Å². The van der Waals surface area contributed by atoms with Gasteiger partial charge in [-0.2, -0.15) is 0 Å². The molecule has 1 aromatic heterocycles. The second-order valence-electron chi connectivity index (χ2n) is 7.71. The van der Waals surface area contributed by atoms with Crippen molar-refractivity contribution in [3.05, 3.63) is 17.6 Å². The Morgan fingerprint density at radius 3 is 2.05 bits per heavy atom. The van der Waals surface area contributed by atoms with Gasteiger partial charge >= 0.3 is 7.12 Å². The van der Waals surface area contributed by atoms with Crippen molar-refractivity contribution in [2.75, 3.05) is 0 Å². The quantitative estimate of drug-likeness (QED) is 0.801. The zero-order valence-electron chi connectivity index (χ0n) is 13.3. The van der Waals surface area contributed by atoms with Crippen molar-refractivity contribution in [1.82, 2.24) is 9.97 Å². The average Bonchev–Trinajstić information content (AvgIpc) is 3.27. The van der Waals surface area contributed by atoms with Crippen molar-refractivity contribution in [3.8, 4) is 0 Å². The molecule has 2 aliphatic carbocycles. The molecular weight excluding hydrogens is 263 g/mol. The molecule has 4 rings (SSSR count). The van der Waals surface area contributed by atoms with E-state index in [4.69, 9.17) is 19.3 Å². The molecule has 2 saturated carbocycles. The Labute approximate surface area is 126 Å². The van der Waals surface area contributed by atoms with Gasteiger partial charge in [0.25, 0.3) is 0 Å². The molecule has 1 saturated heterocycles. The summed E-state index contributed by atoms with van der Waals surface area (Å²) in [6, 6.07) is 2.10. The lowest BCUT2D eigenvalue weighted by Crippen LogP contribution is -2.41. The summed E-state index contributed by atoms with van der Waals surface area (Å²) in [6.07, 6.45) is 4.95. The van der Waals surface area contributed by atoms with Crippen molar-refractivity contribution < 1.29 is 9.31 Å². The van der Waals surface area contributed by atoms with Crippen molar-refractivity contribution in [2.24, 2.45) is 0 Å². The van der Waals surface area contributed by atoms with Gasteiger partial charge in [-0.3, -0.25) is 0 Å². The predicted molar refractivity (Wildman–Crippen MR) is 81.7 cm³/mol. The third-order valence-electron chi connectivity index (χ3n) is 5.22. The summed E-state index contributed by atoms with van der Waals surface area (Å²) in [5.74, 6) is 2.20. The standard InChI is InChI=1S/C16H23BN2O2/c1-15(2)16(3,4)21-17(20-15)13-9-12(10-5-6-10)18-14(19-13)11-7-8-11/h9-11H,5-8H2,1-4H3. The Morgan fingerprint density at radius 2 is 1.52 bits per heavy atom. The molecule has 0 N–H and O–H groups in total. The van der Waals surface area contributed by atoms with E-state index in [1.807, 2.05) is 0 Å². The lowest BCUT2D eigenvalue weighted by molar-refractivity contribution is 0.00578. The van der Waals surface area contributed by atoms with E-state index in [0.29, 0.717) is 11.8 Å². The van der Waals surface area contributed by atoms with Crippen LogP contribution in [0.4, 0.5) is 0 Å². The van der Waals surface area contributed by atoms with Gasteiger partial charge in [-0.25, -0.2) is 9.97 Å². The molecule has 5 heteroatoms. The molecule has 3 aliphatic rings.